The van der Waals surface area contributed by atoms with Crippen molar-refractivity contribution in [2.75, 3.05) is 0 Å². The highest BCUT2D eigenvalue weighted by atomic mass is 15.3. The van der Waals surface area contributed by atoms with Crippen molar-refractivity contribution in [3.8, 4) is 0 Å². The average Bonchev–Trinajstić information content (AvgIpc) is 3.01. The normalized spacial score (nSPS) is 17.1. The van der Waals surface area contributed by atoms with E-state index in [-0.39, 0.29) is 5.54 Å². The monoisotopic (exact) mass is 208 g/mol. The van der Waals surface area contributed by atoms with Gasteiger partial charge in [-0.15, -0.1) is 0 Å². The summed E-state index contributed by atoms with van der Waals surface area (Å²) in [5, 5.41) is 4.46. The van der Waals surface area contributed by atoms with E-state index in [1.807, 2.05) is 11.7 Å². The highest BCUT2D eigenvalue weighted by molar-refractivity contribution is 5.11. The predicted octanol–water partition coefficient (Wildman–Crippen LogP) is 1.67. The van der Waals surface area contributed by atoms with E-state index in [1.54, 1.807) is 0 Å². The molecule has 0 radical (unpaired) electrons. The van der Waals surface area contributed by atoms with Crippen molar-refractivity contribution in [1.29, 1.82) is 0 Å². The SMILES string of the molecule is CCC(N)(CC)c1nc(C2CC2)nn1C. The van der Waals surface area contributed by atoms with Crippen LogP contribution in [0.3, 0.4) is 0 Å². The molecule has 4 heteroatoms. The Morgan fingerprint density at radius 1 is 1.40 bits per heavy atom. The van der Waals surface area contributed by atoms with Gasteiger partial charge in [0.2, 0.25) is 0 Å². The summed E-state index contributed by atoms with van der Waals surface area (Å²) < 4.78 is 1.86. The molecule has 0 unspecified atom stereocenters. The second-order valence-corrected chi connectivity index (χ2v) is 4.55. The van der Waals surface area contributed by atoms with Gasteiger partial charge in [0.05, 0.1) is 5.54 Å². The molecule has 0 bridgehead atoms. The van der Waals surface area contributed by atoms with Crippen molar-refractivity contribution < 1.29 is 0 Å². The number of rotatable bonds is 4. The van der Waals surface area contributed by atoms with Gasteiger partial charge < -0.3 is 5.73 Å². The van der Waals surface area contributed by atoms with Gasteiger partial charge in [0.25, 0.3) is 0 Å². The number of hydrogen-bond donors (Lipinski definition) is 1. The number of nitrogens with two attached hydrogens (primary N) is 1. The van der Waals surface area contributed by atoms with Crippen LogP contribution in [0.5, 0.6) is 0 Å². The van der Waals surface area contributed by atoms with E-state index in [1.165, 1.54) is 12.8 Å². The Balaban J connectivity index is 2.33. The van der Waals surface area contributed by atoms with Gasteiger partial charge in [-0.1, -0.05) is 13.8 Å². The molecule has 0 saturated heterocycles. The van der Waals surface area contributed by atoms with Gasteiger partial charge >= 0.3 is 0 Å². The van der Waals surface area contributed by atoms with Gasteiger partial charge in [-0.3, -0.25) is 4.68 Å². The molecule has 2 rings (SSSR count). The van der Waals surface area contributed by atoms with Crippen LogP contribution in [0.2, 0.25) is 0 Å². The highest BCUT2D eigenvalue weighted by Gasteiger charge is 2.33. The molecule has 1 heterocycles. The van der Waals surface area contributed by atoms with E-state index in [9.17, 15) is 0 Å². The van der Waals surface area contributed by atoms with Crippen molar-refractivity contribution in [2.24, 2.45) is 12.8 Å². The molecule has 1 fully saturated rings. The Kier molecular flexibility index (Phi) is 2.54. The Bertz CT molecular complexity index is 347. The summed E-state index contributed by atoms with van der Waals surface area (Å²) in [6, 6.07) is 0. The number of nitrogens with zero attached hydrogens (tertiary/aromatic N) is 3. The van der Waals surface area contributed by atoms with Crippen molar-refractivity contribution in [3.05, 3.63) is 11.6 Å². The maximum absolute atomic E-state index is 6.33. The van der Waals surface area contributed by atoms with Crippen molar-refractivity contribution in [2.45, 2.75) is 51.0 Å². The Labute approximate surface area is 90.9 Å². The van der Waals surface area contributed by atoms with Crippen molar-refractivity contribution in [3.63, 3.8) is 0 Å². The van der Waals surface area contributed by atoms with E-state index >= 15 is 0 Å². The van der Waals surface area contributed by atoms with Crippen LogP contribution in [0.1, 0.15) is 57.1 Å². The first kappa shape index (κ1) is 10.6. The van der Waals surface area contributed by atoms with Gasteiger partial charge in [0.15, 0.2) is 5.82 Å². The lowest BCUT2D eigenvalue weighted by atomic mass is 9.93. The third kappa shape index (κ3) is 1.78. The van der Waals surface area contributed by atoms with E-state index in [4.69, 9.17) is 5.73 Å². The highest BCUT2D eigenvalue weighted by Crippen LogP contribution is 2.38. The van der Waals surface area contributed by atoms with E-state index in [0.717, 1.165) is 24.5 Å². The lowest BCUT2D eigenvalue weighted by Gasteiger charge is -2.24. The third-order valence-corrected chi connectivity index (χ3v) is 3.43. The van der Waals surface area contributed by atoms with Crippen LogP contribution >= 0.6 is 0 Å². The van der Waals surface area contributed by atoms with Crippen LogP contribution in [0, 0.1) is 0 Å². The zero-order valence-corrected chi connectivity index (χ0v) is 9.82. The molecule has 4 nitrogen and oxygen atoms in total. The zero-order chi connectivity index (χ0) is 11.1. The number of aromatic nitrogens is 3. The standard InChI is InChI=1S/C11H20N4/c1-4-11(12,5-2)10-13-9(8-6-7-8)14-15(10)3/h8H,4-7,12H2,1-3H3. The molecule has 0 atom stereocenters. The quantitative estimate of drug-likeness (QED) is 0.818. The summed E-state index contributed by atoms with van der Waals surface area (Å²) in [5.41, 5.74) is 6.02. The summed E-state index contributed by atoms with van der Waals surface area (Å²) in [6.07, 6.45) is 4.28. The van der Waals surface area contributed by atoms with E-state index in [2.05, 4.69) is 23.9 Å². The average molecular weight is 208 g/mol. The van der Waals surface area contributed by atoms with Crippen molar-refractivity contribution >= 4 is 0 Å². The smallest absolute Gasteiger partial charge is 0.154 e. The maximum atomic E-state index is 6.33. The molecule has 1 saturated carbocycles. The predicted molar refractivity (Wildman–Crippen MR) is 59.4 cm³/mol. The van der Waals surface area contributed by atoms with Crippen LogP contribution in [0.25, 0.3) is 0 Å². The molecule has 0 aromatic carbocycles. The molecule has 2 N–H and O–H groups in total. The fourth-order valence-electron chi connectivity index (χ4n) is 1.92. The van der Waals surface area contributed by atoms with Crippen LogP contribution in [0.4, 0.5) is 0 Å². The first-order valence-electron chi connectivity index (χ1n) is 5.81. The Morgan fingerprint density at radius 2 is 2.00 bits per heavy atom. The minimum atomic E-state index is -0.311. The third-order valence-electron chi connectivity index (χ3n) is 3.43. The second-order valence-electron chi connectivity index (χ2n) is 4.55. The van der Waals surface area contributed by atoms with Gasteiger partial charge in [-0.25, -0.2) is 4.98 Å². The minimum absolute atomic E-state index is 0.311. The summed E-state index contributed by atoms with van der Waals surface area (Å²) in [6.45, 7) is 4.21. The maximum Gasteiger partial charge on any atom is 0.154 e. The van der Waals surface area contributed by atoms with Gasteiger partial charge in [-0.05, 0) is 25.7 Å². The molecule has 0 amide bonds. The Morgan fingerprint density at radius 3 is 2.47 bits per heavy atom. The first-order valence-corrected chi connectivity index (χ1v) is 5.81. The molecular formula is C11H20N4. The lowest BCUT2D eigenvalue weighted by Crippen LogP contribution is -2.38. The fraction of sp³-hybridized carbons (Fsp3) is 0.818. The van der Waals surface area contributed by atoms with E-state index in [0.29, 0.717) is 5.92 Å². The topological polar surface area (TPSA) is 56.7 Å². The lowest BCUT2D eigenvalue weighted by molar-refractivity contribution is 0.370. The first-order chi connectivity index (χ1) is 7.10. The fourth-order valence-corrected chi connectivity index (χ4v) is 1.92. The Hall–Kier alpha value is -0.900. The molecule has 0 spiro atoms. The molecule has 1 aliphatic carbocycles. The molecule has 0 aliphatic heterocycles. The van der Waals surface area contributed by atoms with E-state index < -0.39 is 0 Å². The summed E-state index contributed by atoms with van der Waals surface area (Å²) in [7, 11) is 1.95. The molecule has 1 aromatic heterocycles. The van der Waals surface area contributed by atoms with Gasteiger partial charge in [0.1, 0.15) is 5.82 Å². The summed E-state index contributed by atoms with van der Waals surface area (Å²) in [5.74, 6) is 2.53. The summed E-state index contributed by atoms with van der Waals surface area (Å²) in [4.78, 5) is 4.61. The molecule has 1 aromatic rings. The van der Waals surface area contributed by atoms with Gasteiger partial charge in [-0.2, -0.15) is 5.10 Å². The number of aryl methyl sites for hydroxylation is 1. The molecule has 84 valence electrons. The largest absolute Gasteiger partial charge is 0.319 e. The second kappa shape index (κ2) is 3.59. The minimum Gasteiger partial charge on any atom is -0.319 e. The van der Waals surface area contributed by atoms with Crippen molar-refractivity contribution in [1.82, 2.24) is 14.8 Å². The zero-order valence-electron chi connectivity index (χ0n) is 9.82. The van der Waals surface area contributed by atoms with Crippen LogP contribution in [-0.4, -0.2) is 14.8 Å². The van der Waals surface area contributed by atoms with Gasteiger partial charge in [0, 0.05) is 13.0 Å². The summed E-state index contributed by atoms with van der Waals surface area (Å²) >= 11 is 0. The molecule has 1 aliphatic rings. The molecular weight excluding hydrogens is 188 g/mol. The van der Waals surface area contributed by atoms with Crippen LogP contribution < -0.4 is 5.73 Å². The van der Waals surface area contributed by atoms with Crippen LogP contribution in [0.15, 0.2) is 0 Å². The van der Waals surface area contributed by atoms with Crippen LogP contribution in [-0.2, 0) is 12.6 Å². The number of hydrogen-bond acceptors (Lipinski definition) is 3. The molecule has 15 heavy (non-hydrogen) atoms.